The molecule has 0 unspecified atom stereocenters. The molecule has 3 rings (SSSR count). The van der Waals surface area contributed by atoms with E-state index in [4.69, 9.17) is 5.26 Å². The summed E-state index contributed by atoms with van der Waals surface area (Å²) in [7, 11) is 0. The van der Waals surface area contributed by atoms with Crippen molar-refractivity contribution < 1.29 is 4.79 Å². The highest BCUT2D eigenvalue weighted by molar-refractivity contribution is 7.99. The van der Waals surface area contributed by atoms with Gasteiger partial charge in [-0.25, -0.2) is 0 Å². The molecular formula is C20H18N6OS. The minimum Gasteiger partial charge on any atom is -0.298 e. The van der Waals surface area contributed by atoms with E-state index in [1.807, 2.05) is 53.1 Å². The van der Waals surface area contributed by atoms with E-state index in [0.717, 1.165) is 5.56 Å². The van der Waals surface area contributed by atoms with Crippen LogP contribution in [0.4, 0.5) is 5.69 Å². The molecule has 0 fully saturated rings. The third-order valence-electron chi connectivity index (χ3n) is 3.89. The fraction of sp³-hybridized carbons (Fsp3) is 0.150. The lowest BCUT2D eigenvalue weighted by Gasteiger charge is -2.19. The summed E-state index contributed by atoms with van der Waals surface area (Å²) in [4.78, 5) is 18.2. The molecular weight excluding hydrogens is 372 g/mol. The van der Waals surface area contributed by atoms with Gasteiger partial charge in [0.25, 0.3) is 0 Å². The van der Waals surface area contributed by atoms with Crippen LogP contribution < -0.4 is 4.90 Å². The van der Waals surface area contributed by atoms with E-state index >= 15 is 0 Å². The number of aromatic nitrogens is 4. The standard InChI is InChI=1S/C20H18N6OS/c1-2-13-26-19(16-8-11-22-12-9-16)23-24-20(26)28-15-18(27)25(14-10-21)17-6-4-3-5-7-17/h2-9,11-12H,1,13-15H2. The van der Waals surface area contributed by atoms with Crippen molar-refractivity contribution in [1.82, 2.24) is 19.7 Å². The Balaban J connectivity index is 1.78. The van der Waals surface area contributed by atoms with Crippen LogP contribution in [0.5, 0.6) is 0 Å². The number of hydrogen-bond acceptors (Lipinski definition) is 6. The number of rotatable bonds is 8. The van der Waals surface area contributed by atoms with E-state index in [2.05, 4.69) is 21.8 Å². The summed E-state index contributed by atoms with van der Waals surface area (Å²) >= 11 is 1.28. The van der Waals surface area contributed by atoms with E-state index in [1.54, 1.807) is 18.5 Å². The van der Waals surface area contributed by atoms with Crippen molar-refractivity contribution in [3.8, 4) is 17.5 Å². The Morgan fingerprint density at radius 2 is 1.96 bits per heavy atom. The summed E-state index contributed by atoms with van der Waals surface area (Å²) in [6.07, 6.45) is 5.14. The molecule has 7 nitrogen and oxygen atoms in total. The summed E-state index contributed by atoms with van der Waals surface area (Å²) < 4.78 is 1.90. The molecule has 0 bridgehead atoms. The largest absolute Gasteiger partial charge is 0.298 e. The number of benzene rings is 1. The fourth-order valence-electron chi connectivity index (χ4n) is 2.61. The quantitative estimate of drug-likeness (QED) is 0.333. The molecule has 3 aromatic rings. The average Bonchev–Trinajstić information content (AvgIpc) is 3.14. The lowest BCUT2D eigenvalue weighted by molar-refractivity contribution is -0.116. The van der Waals surface area contributed by atoms with Crippen LogP contribution in [0.1, 0.15) is 0 Å². The van der Waals surface area contributed by atoms with Crippen molar-refractivity contribution in [3.63, 3.8) is 0 Å². The lowest BCUT2D eigenvalue weighted by atomic mass is 10.2. The number of nitrogens with zero attached hydrogens (tertiary/aromatic N) is 6. The van der Waals surface area contributed by atoms with Crippen molar-refractivity contribution in [1.29, 1.82) is 5.26 Å². The highest BCUT2D eigenvalue weighted by Crippen LogP contribution is 2.24. The summed E-state index contributed by atoms with van der Waals surface area (Å²) in [6, 6.07) is 14.9. The van der Waals surface area contributed by atoms with Gasteiger partial charge in [0.05, 0.1) is 11.8 Å². The van der Waals surface area contributed by atoms with Crippen molar-refractivity contribution in [2.45, 2.75) is 11.7 Å². The first-order valence-electron chi connectivity index (χ1n) is 8.54. The second-order valence-corrected chi connectivity index (χ2v) is 6.65. The normalized spacial score (nSPS) is 10.2. The van der Waals surface area contributed by atoms with Crippen molar-refractivity contribution >= 4 is 23.4 Å². The number of para-hydroxylation sites is 1. The summed E-state index contributed by atoms with van der Waals surface area (Å²) in [6.45, 7) is 4.30. The maximum atomic E-state index is 12.7. The van der Waals surface area contributed by atoms with Gasteiger partial charge in [-0.05, 0) is 24.3 Å². The van der Waals surface area contributed by atoms with Gasteiger partial charge in [-0.3, -0.25) is 19.2 Å². The minimum absolute atomic E-state index is 0.00891. The van der Waals surface area contributed by atoms with Gasteiger partial charge in [0.1, 0.15) is 6.54 Å². The first kappa shape index (κ1) is 19.3. The molecule has 140 valence electrons. The van der Waals surface area contributed by atoms with Gasteiger partial charge in [-0.1, -0.05) is 36.0 Å². The van der Waals surface area contributed by atoms with Crippen LogP contribution in [-0.4, -0.2) is 38.0 Å². The molecule has 0 N–H and O–H groups in total. The molecule has 1 aromatic carbocycles. The van der Waals surface area contributed by atoms with E-state index in [-0.39, 0.29) is 18.2 Å². The Morgan fingerprint density at radius 1 is 1.21 bits per heavy atom. The number of amides is 1. The number of thioether (sulfide) groups is 1. The highest BCUT2D eigenvalue weighted by Gasteiger charge is 2.19. The Kier molecular flexibility index (Phi) is 6.54. The maximum Gasteiger partial charge on any atom is 0.238 e. The Hall–Kier alpha value is -3.44. The van der Waals surface area contributed by atoms with E-state index in [0.29, 0.717) is 23.2 Å². The molecule has 1 amide bonds. The number of pyridine rings is 1. The molecule has 2 aromatic heterocycles. The SMILES string of the molecule is C=CCn1c(SCC(=O)N(CC#N)c2ccccc2)nnc1-c1ccncc1. The van der Waals surface area contributed by atoms with Crippen molar-refractivity contribution in [2.24, 2.45) is 0 Å². The number of allylic oxidation sites excluding steroid dienone is 1. The number of hydrogen-bond donors (Lipinski definition) is 0. The van der Waals surface area contributed by atoms with Crippen LogP contribution in [0, 0.1) is 11.3 Å². The third-order valence-corrected chi connectivity index (χ3v) is 4.84. The van der Waals surface area contributed by atoms with E-state index in [9.17, 15) is 4.79 Å². The fourth-order valence-corrected chi connectivity index (χ4v) is 3.43. The van der Waals surface area contributed by atoms with Crippen LogP contribution in [0.15, 0.2) is 72.7 Å². The minimum atomic E-state index is -0.170. The average molecular weight is 390 g/mol. The van der Waals surface area contributed by atoms with Gasteiger partial charge < -0.3 is 0 Å². The second-order valence-electron chi connectivity index (χ2n) is 5.70. The van der Waals surface area contributed by atoms with Crippen molar-refractivity contribution in [3.05, 3.63) is 67.5 Å². The zero-order valence-corrected chi connectivity index (χ0v) is 15.9. The molecule has 0 atom stereocenters. The Bertz CT molecular complexity index is 981. The van der Waals surface area contributed by atoms with Crippen LogP contribution in [0.25, 0.3) is 11.4 Å². The number of carbonyl (C=O) groups is 1. The van der Waals surface area contributed by atoms with Gasteiger partial charge >= 0.3 is 0 Å². The van der Waals surface area contributed by atoms with Crippen LogP contribution in [0.2, 0.25) is 0 Å². The smallest absolute Gasteiger partial charge is 0.238 e. The molecule has 0 aliphatic rings. The molecule has 0 radical (unpaired) electrons. The van der Waals surface area contributed by atoms with Gasteiger partial charge in [0.2, 0.25) is 5.91 Å². The van der Waals surface area contributed by atoms with Crippen LogP contribution in [0.3, 0.4) is 0 Å². The lowest BCUT2D eigenvalue weighted by Crippen LogP contribution is -2.32. The third kappa shape index (κ3) is 4.45. The first-order chi connectivity index (χ1) is 13.7. The van der Waals surface area contributed by atoms with Crippen molar-refractivity contribution in [2.75, 3.05) is 17.2 Å². The molecule has 2 heterocycles. The van der Waals surface area contributed by atoms with Crippen LogP contribution >= 0.6 is 11.8 Å². The predicted octanol–water partition coefficient (Wildman–Crippen LogP) is 3.17. The number of nitriles is 1. The zero-order chi connectivity index (χ0) is 19.8. The molecule has 0 aliphatic carbocycles. The first-order valence-corrected chi connectivity index (χ1v) is 9.52. The monoisotopic (exact) mass is 390 g/mol. The summed E-state index contributed by atoms with van der Waals surface area (Å²) in [5, 5.41) is 18.2. The van der Waals surface area contributed by atoms with E-state index in [1.165, 1.54) is 16.7 Å². The molecule has 0 spiro atoms. The topological polar surface area (TPSA) is 87.7 Å². The Morgan fingerprint density at radius 3 is 2.64 bits per heavy atom. The maximum absolute atomic E-state index is 12.7. The number of carbonyl (C=O) groups excluding carboxylic acids is 1. The molecule has 0 aliphatic heterocycles. The van der Waals surface area contributed by atoms with Gasteiger partial charge in [-0.15, -0.1) is 16.8 Å². The highest BCUT2D eigenvalue weighted by atomic mass is 32.2. The molecule has 8 heteroatoms. The molecule has 0 saturated carbocycles. The number of anilines is 1. The van der Waals surface area contributed by atoms with Crippen LogP contribution in [-0.2, 0) is 11.3 Å². The molecule has 28 heavy (non-hydrogen) atoms. The zero-order valence-electron chi connectivity index (χ0n) is 15.1. The molecule has 0 saturated heterocycles. The summed E-state index contributed by atoms with van der Waals surface area (Å²) in [5.41, 5.74) is 1.58. The van der Waals surface area contributed by atoms with Gasteiger partial charge in [0.15, 0.2) is 11.0 Å². The summed E-state index contributed by atoms with van der Waals surface area (Å²) in [5.74, 6) is 0.660. The Labute approximate surface area is 167 Å². The van der Waals surface area contributed by atoms with E-state index < -0.39 is 0 Å². The predicted molar refractivity (Wildman–Crippen MR) is 109 cm³/mol. The van der Waals surface area contributed by atoms with Gasteiger partial charge in [-0.2, -0.15) is 5.26 Å². The van der Waals surface area contributed by atoms with Gasteiger partial charge in [0, 0.05) is 30.2 Å². The second kappa shape index (κ2) is 9.48.